The molecule has 1 atom stereocenters. The predicted octanol–water partition coefficient (Wildman–Crippen LogP) is 6.54. The summed E-state index contributed by atoms with van der Waals surface area (Å²) in [5, 5.41) is 24.0. The van der Waals surface area contributed by atoms with E-state index in [2.05, 4.69) is 25.1 Å². The number of aromatic nitrogens is 1. The third kappa shape index (κ3) is 4.84. The van der Waals surface area contributed by atoms with E-state index in [9.17, 15) is 19.8 Å². The van der Waals surface area contributed by atoms with Crippen molar-refractivity contribution in [2.24, 2.45) is 5.16 Å². The first-order valence-electron chi connectivity index (χ1n) is 13.6. The van der Waals surface area contributed by atoms with Crippen molar-refractivity contribution < 1.29 is 24.6 Å². The lowest BCUT2D eigenvalue weighted by Crippen LogP contribution is -2.25. The van der Waals surface area contributed by atoms with Crippen LogP contribution in [-0.2, 0) is 15.0 Å². The molecule has 7 heteroatoms. The highest BCUT2D eigenvalue weighted by atomic mass is 16.7. The summed E-state index contributed by atoms with van der Waals surface area (Å²) >= 11 is 0. The number of benzene rings is 3. The minimum atomic E-state index is -1.46. The number of ketones is 1. The third-order valence-electron chi connectivity index (χ3n) is 7.61. The summed E-state index contributed by atoms with van der Waals surface area (Å²) in [7, 11) is 0. The van der Waals surface area contributed by atoms with Gasteiger partial charge in [0, 0.05) is 34.5 Å². The van der Waals surface area contributed by atoms with E-state index in [4.69, 9.17) is 4.84 Å². The second kappa shape index (κ2) is 11.3. The summed E-state index contributed by atoms with van der Waals surface area (Å²) in [6.07, 6.45) is 5.50. The van der Waals surface area contributed by atoms with Gasteiger partial charge in [-0.25, -0.2) is 4.79 Å². The van der Waals surface area contributed by atoms with Gasteiger partial charge in [-0.3, -0.25) is 9.36 Å². The van der Waals surface area contributed by atoms with Gasteiger partial charge in [0.1, 0.15) is 0 Å². The molecule has 2 N–H and O–H groups in total. The molecule has 204 valence electrons. The Bertz CT molecular complexity index is 1550. The van der Waals surface area contributed by atoms with Gasteiger partial charge in [0.25, 0.3) is 0 Å². The summed E-state index contributed by atoms with van der Waals surface area (Å²) in [6.45, 7) is 4.33. The van der Waals surface area contributed by atoms with E-state index in [0.717, 1.165) is 47.9 Å². The molecule has 7 nitrogen and oxygen atoms in total. The van der Waals surface area contributed by atoms with Crippen molar-refractivity contribution in [1.82, 2.24) is 4.57 Å². The molecule has 0 saturated carbocycles. The van der Waals surface area contributed by atoms with E-state index in [1.807, 2.05) is 42.5 Å². The summed E-state index contributed by atoms with van der Waals surface area (Å²) in [5.41, 5.74) is 5.07. The van der Waals surface area contributed by atoms with Crippen LogP contribution in [0.4, 0.5) is 0 Å². The summed E-state index contributed by atoms with van der Waals surface area (Å²) in [6, 6.07) is 24.1. The molecule has 1 aliphatic carbocycles. The van der Waals surface area contributed by atoms with Crippen LogP contribution in [0.25, 0.3) is 11.1 Å². The van der Waals surface area contributed by atoms with Gasteiger partial charge in [0.2, 0.25) is 0 Å². The number of carboxylic acids is 1. The first kappa shape index (κ1) is 27.1. The maximum Gasteiger partial charge on any atom is 0.358 e. The number of carboxylic acid groups (broad SMARTS) is 1. The fourth-order valence-electron chi connectivity index (χ4n) is 5.94. The van der Waals surface area contributed by atoms with Crippen molar-refractivity contribution in [2.45, 2.75) is 51.4 Å². The zero-order valence-electron chi connectivity index (χ0n) is 22.6. The average molecular weight is 537 g/mol. The van der Waals surface area contributed by atoms with Crippen LogP contribution in [0.2, 0.25) is 0 Å². The molecule has 1 heterocycles. The van der Waals surface area contributed by atoms with E-state index in [1.54, 1.807) is 42.7 Å². The van der Waals surface area contributed by atoms with Gasteiger partial charge < -0.3 is 15.1 Å². The largest absolute Gasteiger partial charge is 0.476 e. The van der Waals surface area contributed by atoms with Crippen LogP contribution in [0.1, 0.15) is 78.6 Å². The maximum absolute atomic E-state index is 13.3. The number of carbonyl (C=O) groups is 2. The first-order chi connectivity index (χ1) is 19.4. The lowest BCUT2D eigenvalue weighted by atomic mass is 9.71. The van der Waals surface area contributed by atoms with Crippen molar-refractivity contribution in [3.8, 4) is 11.1 Å². The van der Waals surface area contributed by atoms with Crippen LogP contribution in [-0.4, -0.2) is 32.2 Å². The quantitative estimate of drug-likeness (QED) is 0.0981. The molecule has 0 saturated heterocycles. The number of rotatable bonds is 11. The van der Waals surface area contributed by atoms with Crippen LogP contribution in [0.3, 0.4) is 0 Å². The van der Waals surface area contributed by atoms with Gasteiger partial charge in [0.15, 0.2) is 11.5 Å². The van der Waals surface area contributed by atoms with Crippen molar-refractivity contribution >= 4 is 17.5 Å². The van der Waals surface area contributed by atoms with E-state index in [1.165, 1.54) is 4.57 Å². The van der Waals surface area contributed by atoms with Gasteiger partial charge in [-0.1, -0.05) is 86.4 Å². The van der Waals surface area contributed by atoms with Gasteiger partial charge in [-0.05, 0) is 59.4 Å². The van der Waals surface area contributed by atoms with Crippen LogP contribution in [0.5, 0.6) is 0 Å². The maximum atomic E-state index is 13.3. The van der Waals surface area contributed by atoms with Crippen LogP contribution in [0, 0.1) is 0 Å². The molecule has 0 aliphatic heterocycles. The molecule has 40 heavy (non-hydrogen) atoms. The monoisotopic (exact) mass is 536 g/mol. The topological polar surface area (TPSA) is 101 Å². The third-order valence-corrected chi connectivity index (χ3v) is 7.61. The summed E-state index contributed by atoms with van der Waals surface area (Å²) in [5.74, 6) is -1.34. The van der Waals surface area contributed by atoms with Gasteiger partial charge in [-0.15, -0.1) is 0 Å². The van der Waals surface area contributed by atoms with Crippen LogP contribution < -0.4 is 0 Å². The zero-order valence-corrected chi connectivity index (χ0v) is 22.6. The van der Waals surface area contributed by atoms with Crippen molar-refractivity contribution in [3.05, 3.63) is 119 Å². The Morgan fingerprint density at radius 1 is 0.825 bits per heavy atom. The van der Waals surface area contributed by atoms with Gasteiger partial charge in [-0.2, -0.15) is 0 Å². The first-order valence-corrected chi connectivity index (χ1v) is 13.6. The minimum Gasteiger partial charge on any atom is -0.476 e. The van der Waals surface area contributed by atoms with Crippen molar-refractivity contribution in [2.75, 3.05) is 0 Å². The summed E-state index contributed by atoms with van der Waals surface area (Å²) in [4.78, 5) is 30.7. The SMILES string of the molecule is CCCC1(CCC)c2ccc(C(=O)c3ccccc3)cc2-c2cc(/C(=N/OC(O)n3cccc3)C(=O)O)ccc21. The normalized spacial score (nSPS) is 14.3. The minimum absolute atomic E-state index is 0.0650. The highest BCUT2D eigenvalue weighted by Crippen LogP contribution is 2.54. The molecule has 0 bridgehead atoms. The van der Waals surface area contributed by atoms with Crippen LogP contribution in [0.15, 0.2) is 96.4 Å². The number of aliphatic hydroxyl groups is 1. The number of nitrogens with zero attached hydrogens (tertiary/aromatic N) is 2. The molecule has 1 unspecified atom stereocenters. The molecular weight excluding hydrogens is 504 g/mol. The summed E-state index contributed by atoms with van der Waals surface area (Å²) < 4.78 is 1.36. The lowest BCUT2D eigenvalue weighted by molar-refractivity contribution is -0.153. The van der Waals surface area contributed by atoms with Crippen LogP contribution >= 0.6 is 0 Å². The number of hydrogen-bond donors (Lipinski definition) is 2. The second-order valence-corrected chi connectivity index (χ2v) is 10.1. The Morgan fingerprint density at radius 3 is 1.98 bits per heavy atom. The highest BCUT2D eigenvalue weighted by molar-refractivity contribution is 6.42. The fraction of sp³-hybridized carbons (Fsp3) is 0.242. The van der Waals surface area contributed by atoms with Gasteiger partial charge in [0.05, 0.1) is 0 Å². The lowest BCUT2D eigenvalue weighted by Gasteiger charge is -2.32. The zero-order chi connectivity index (χ0) is 28.3. The van der Waals surface area contributed by atoms with E-state index < -0.39 is 12.4 Å². The molecule has 3 aromatic carbocycles. The van der Waals surface area contributed by atoms with E-state index in [0.29, 0.717) is 16.7 Å². The van der Waals surface area contributed by atoms with Gasteiger partial charge >= 0.3 is 12.4 Å². The Labute approximate surface area is 233 Å². The Balaban J connectivity index is 1.62. The smallest absolute Gasteiger partial charge is 0.358 e. The highest BCUT2D eigenvalue weighted by Gasteiger charge is 2.42. The van der Waals surface area contributed by atoms with E-state index >= 15 is 0 Å². The molecular formula is C33H32N2O5. The molecule has 1 aliphatic rings. The molecule has 1 aromatic heterocycles. The molecule has 0 radical (unpaired) electrons. The number of fused-ring (bicyclic) bond motifs is 3. The Morgan fingerprint density at radius 2 is 1.40 bits per heavy atom. The molecule has 4 aromatic rings. The molecule has 0 spiro atoms. The average Bonchev–Trinajstić information content (AvgIpc) is 3.60. The molecule has 0 fully saturated rings. The van der Waals surface area contributed by atoms with Crippen molar-refractivity contribution in [1.29, 1.82) is 0 Å². The number of oxime groups is 1. The molecule has 5 rings (SSSR count). The molecule has 0 amide bonds. The van der Waals surface area contributed by atoms with E-state index in [-0.39, 0.29) is 16.9 Å². The van der Waals surface area contributed by atoms with Crippen molar-refractivity contribution in [3.63, 3.8) is 0 Å². The number of aliphatic hydroxyl groups excluding tert-OH is 1. The number of hydrogen-bond acceptors (Lipinski definition) is 5. The number of aliphatic carboxylic acids is 1. The second-order valence-electron chi connectivity index (χ2n) is 10.1. The Hall–Kier alpha value is -4.49. The number of carbonyl (C=O) groups excluding carboxylic acids is 1. The predicted molar refractivity (Wildman–Crippen MR) is 153 cm³/mol. The standard InChI is InChI=1S/C33H32N2O5/c1-3-16-33(17-4-2)27-14-12-23(29(31(37)38)34-40-32(39)35-18-8-9-19-35)20-25(27)26-21-24(13-15-28(26)33)30(36)22-10-6-5-7-11-22/h5-15,18-21,32,39H,3-4,16-17H2,1-2H3,(H,37,38)/b34-29-. The Kier molecular flexibility index (Phi) is 7.67. The fourth-order valence-corrected chi connectivity index (χ4v) is 5.94.